The minimum Gasteiger partial charge on any atom is -0.443 e. The molecule has 1 unspecified atom stereocenters. The number of carbonyl (C=O) groups is 2. The van der Waals surface area contributed by atoms with Crippen LogP contribution >= 0.6 is 8.15 Å². The van der Waals surface area contributed by atoms with Crippen molar-refractivity contribution in [3.8, 4) is 0 Å². The van der Waals surface area contributed by atoms with Crippen molar-refractivity contribution >= 4 is 20.1 Å². The molecule has 0 aliphatic rings. The van der Waals surface area contributed by atoms with Crippen molar-refractivity contribution in [3.05, 3.63) is 11.9 Å². The number of nitrogens with one attached hydrogen (secondary N) is 2. The van der Waals surface area contributed by atoms with Crippen LogP contribution in [0.15, 0.2) is 6.20 Å². The van der Waals surface area contributed by atoms with E-state index >= 15 is 0 Å². The zero-order valence-corrected chi connectivity index (χ0v) is 17.5. The van der Waals surface area contributed by atoms with Crippen LogP contribution in [0.5, 0.6) is 0 Å². The minimum atomic E-state index is -0.898. The maximum atomic E-state index is 11.8. The van der Waals surface area contributed by atoms with E-state index in [2.05, 4.69) is 20.9 Å². The molecular weight excluding hydrogens is 373 g/mol. The molecule has 0 bridgehead atoms. The third-order valence-electron chi connectivity index (χ3n) is 3.28. The normalized spacial score (nSPS) is 12.5. The Hall–Kier alpha value is -1.77. The number of ether oxygens (including phenoxy) is 2. The van der Waals surface area contributed by atoms with Gasteiger partial charge in [-0.1, -0.05) is 12.1 Å². The fraction of sp³-hybridized carbons (Fsp3) is 0.750. The Kier molecular flexibility index (Phi) is 10.2. The summed E-state index contributed by atoms with van der Waals surface area (Å²) in [5.41, 5.74) is -0.0318. The van der Waals surface area contributed by atoms with Gasteiger partial charge in [0, 0.05) is 20.1 Å². The summed E-state index contributed by atoms with van der Waals surface area (Å²) >= 11 is 0. The van der Waals surface area contributed by atoms with E-state index in [1.165, 1.54) is 4.68 Å². The fourth-order valence-electron chi connectivity index (χ4n) is 1.78. The van der Waals surface area contributed by atoms with Gasteiger partial charge in [-0.05, 0) is 26.9 Å². The lowest BCUT2D eigenvalue weighted by molar-refractivity contribution is -0.122. The van der Waals surface area contributed by atoms with Crippen molar-refractivity contribution in [2.75, 3.05) is 32.7 Å². The van der Waals surface area contributed by atoms with Crippen molar-refractivity contribution in [2.24, 2.45) is 7.05 Å². The Morgan fingerprint density at radius 1 is 1.33 bits per heavy atom. The zero-order valence-electron chi connectivity index (χ0n) is 16.7. The molecule has 1 heterocycles. The first-order chi connectivity index (χ1) is 12.7. The van der Waals surface area contributed by atoms with Gasteiger partial charge in [-0.2, -0.15) is 0 Å². The third kappa shape index (κ3) is 10.8. The number of hydrogen-bond donors (Lipinski definition) is 2. The second kappa shape index (κ2) is 11.8. The first-order valence-corrected chi connectivity index (χ1v) is 10.6. The van der Waals surface area contributed by atoms with Gasteiger partial charge in [-0.3, -0.25) is 9.48 Å². The summed E-state index contributed by atoms with van der Waals surface area (Å²) in [5, 5.41) is 13.0. The minimum absolute atomic E-state index is 0.0267. The predicted molar refractivity (Wildman–Crippen MR) is 101 cm³/mol. The zero-order chi connectivity index (χ0) is 20.3. The Balaban J connectivity index is 2.19. The lowest BCUT2D eigenvalue weighted by Gasteiger charge is -2.27. The molecule has 27 heavy (non-hydrogen) atoms. The second-order valence-corrected chi connectivity index (χ2v) is 8.37. The molecule has 11 heteroatoms. The van der Waals surface area contributed by atoms with Crippen LogP contribution < -0.4 is 10.6 Å². The Morgan fingerprint density at radius 3 is 2.70 bits per heavy atom. The first kappa shape index (κ1) is 23.3. The van der Waals surface area contributed by atoms with Crippen molar-refractivity contribution < 1.29 is 23.6 Å². The second-order valence-electron chi connectivity index (χ2n) is 6.60. The van der Waals surface area contributed by atoms with Crippen LogP contribution in [-0.4, -0.2) is 65.3 Å². The topological polar surface area (TPSA) is 117 Å². The number of aromatic nitrogens is 3. The summed E-state index contributed by atoms with van der Waals surface area (Å²) in [6.45, 7) is 8.58. The van der Waals surface area contributed by atoms with E-state index in [9.17, 15) is 9.59 Å². The predicted octanol–water partition coefficient (Wildman–Crippen LogP) is 1.36. The summed E-state index contributed by atoms with van der Waals surface area (Å²) in [5.74, 6) is -0.127. The van der Waals surface area contributed by atoms with Crippen LogP contribution in [0.4, 0.5) is 4.79 Å². The number of hydrogen-bond acceptors (Lipinski definition) is 7. The molecule has 154 valence electrons. The van der Waals surface area contributed by atoms with Gasteiger partial charge in [0.2, 0.25) is 5.91 Å². The highest BCUT2D eigenvalue weighted by Gasteiger charge is 2.21. The number of carbonyl (C=O) groups excluding carboxylic acids is 2. The lowest BCUT2D eigenvalue weighted by Crippen LogP contribution is -2.40. The van der Waals surface area contributed by atoms with E-state index < -0.39 is 19.8 Å². The number of amides is 2. The van der Waals surface area contributed by atoms with E-state index in [1.807, 2.05) is 27.4 Å². The summed E-state index contributed by atoms with van der Waals surface area (Å²) in [6, 6.07) is 0. The van der Waals surface area contributed by atoms with Crippen LogP contribution in [0.3, 0.4) is 0 Å². The van der Waals surface area contributed by atoms with Gasteiger partial charge in [-0.25, -0.2) is 4.79 Å². The molecule has 2 N–H and O–H groups in total. The van der Waals surface area contributed by atoms with Crippen LogP contribution in [0, 0.1) is 0 Å². The number of alkyl carbamates (subject to hydrolysis) is 1. The van der Waals surface area contributed by atoms with Gasteiger partial charge in [0.25, 0.3) is 0 Å². The van der Waals surface area contributed by atoms with Gasteiger partial charge in [0.1, 0.15) is 18.9 Å². The number of nitrogens with zero attached hydrogens (tertiary/aromatic N) is 3. The molecule has 1 aromatic heterocycles. The summed E-state index contributed by atoms with van der Waals surface area (Å²) in [6.07, 6.45) is 2.37. The fourth-order valence-corrected chi connectivity index (χ4v) is 2.72. The molecule has 0 fully saturated rings. The van der Waals surface area contributed by atoms with Gasteiger partial charge in [-0.15, -0.1) is 5.10 Å². The van der Waals surface area contributed by atoms with E-state index in [0.29, 0.717) is 18.6 Å². The number of aryl methyl sites for hydroxylation is 1. The molecule has 0 aliphatic heterocycles. The molecule has 0 aliphatic carbocycles. The largest absolute Gasteiger partial charge is 0.443 e. The highest BCUT2D eigenvalue weighted by atomic mass is 31.1. The molecular formula is C16H30N5O5P. The van der Waals surface area contributed by atoms with Crippen molar-refractivity contribution in [2.45, 2.75) is 39.4 Å². The summed E-state index contributed by atoms with van der Waals surface area (Å²) in [4.78, 5) is 23.3. The number of rotatable bonds is 12. The van der Waals surface area contributed by atoms with E-state index in [4.69, 9.17) is 14.0 Å². The highest BCUT2D eigenvalue weighted by Crippen LogP contribution is 2.33. The van der Waals surface area contributed by atoms with Gasteiger partial charge >= 0.3 is 6.09 Å². The Labute approximate surface area is 161 Å². The SMILES string of the molecule is CCCNC(=O)COP(C)COC(C)(C)CNC(=O)OCc1cn(C)nn1. The average Bonchev–Trinajstić information content (AvgIpc) is 3.05. The summed E-state index contributed by atoms with van der Waals surface area (Å²) < 4.78 is 17.9. The molecule has 1 rings (SSSR count). The van der Waals surface area contributed by atoms with Crippen molar-refractivity contribution in [1.29, 1.82) is 0 Å². The average molecular weight is 403 g/mol. The smallest absolute Gasteiger partial charge is 0.407 e. The van der Waals surface area contributed by atoms with Crippen molar-refractivity contribution in [1.82, 2.24) is 25.6 Å². The standard InChI is InChI=1S/C16H30N5O5P/c1-6-7-17-14(22)10-26-27(5)12-25-16(2,3)11-18-15(23)24-9-13-8-21(4)20-19-13/h8H,6-7,9-12H2,1-5H3,(H,17,22)(H,18,23). The van der Waals surface area contributed by atoms with E-state index in [0.717, 1.165) is 6.42 Å². The molecule has 1 atom stereocenters. The van der Waals surface area contributed by atoms with Crippen LogP contribution in [0.2, 0.25) is 0 Å². The third-order valence-corrected chi connectivity index (χ3v) is 4.35. The molecule has 0 saturated carbocycles. The molecule has 0 spiro atoms. The van der Waals surface area contributed by atoms with E-state index in [-0.39, 0.29) is 25.7 Å². The lowest BCUT2D eigenvalue weighted by atomic mass is 10.1. The molecule has 0 saturated heterocycles. The Morgan fingerprint density at radius 2 is 2.07 bits per heavy atom. The molecule has 1 aromatic rings. The summed E-state index contributed by atoms with van der Waals surface area (Å²) in [7, 11) is 0.839. The maximum absolute atomic E-state index is 11.8. The Bertz CT molecular complexity index is 596. The quantitative estimate of drug-likeness (QED) is 0.506. The highest BCUT2D eigenvalue weighted by molar-refractivity contribution is 7.51. The monoisotopic (exact) mass is 403 g/mol. The van der Waals surface area contributed by atoms with E-state index in [1.54, 1.807) is 13.2 Å². The molecule has 10 nitrogen and oxygen atoms in total. The van der Waals surface area contributed by atoms with Gasteiger partial charge in [0.05, 0.1) is 26.3 Å². The van der Waals surface area contributed by atoms with Crippen molar-refractivity contribution in [3.63, 3.8) is 0 Å². The molecule has 0 aromatic carbocycles. The van der Waals surface area contributed by atoms with Gasteiger partial charge < -0.3 is 24.6 Å². The first-order valence-electron chi connectivity index (χ1n) is 8.72. The van der Waals surface area contributed by atoms with Crippen LogP contribution in [0.25, 0.3) is 0 Å². The van der Waals surface area contributed by atoms with Crippen LogP contribution in [-0.2, 0) is 32.4 Å². The maximum Gasteiger partial charge on any atom is 0.407 e. The molecule has 0 radical (unpaired) electrons. The van der Waals surface area contributed by atoms with Gasteiger partial charge in [0.15, 0.2) is 0 Å². The molecule has 2 amide bonds. The van der Waals surface area contributed by atoms with Crippen LogP contribution in [0.1, 0.15) is 32.9 Å².